The maximum atomic E-state index is 13.0. The number of carbonyl (C=O) groups is 2. The highest BCUT2D eigenvalue weighted by Crippen LogP contribution is 2.33. The lowest BCUT2D eigenvalue weighted by Crippen LogP contribution is -2.30. The first-order valence-electron chi connectivity index (χ1n) is 8.60. The van der Waals surface area contributed by atoms with Crippen LogP contribution in [-0.4, -0.2) is 50.2 Å². The number of carboxylic acid groups (broad SMARTS) is 1. The molecule has 1 saturated heterocycles. The molecule has 3 N–H and O–H groups in total. The molecule has 2 atom stereocenters. The van der Waals surface area contributed by atoms with Gasteiger partial charge in [-0.1, -0.05) is 30.3 Å². The lowest BCUT2D eigenvalue weighted by Gasteiger charge is -2.16. The van der Waals surface area contributed by atoms with Crippen molar-refractivity contribution in [1.29, 1.82) is 0 Å². The number of benzene rings is 1. The number of hydrogen-bond donors (Lipinski definition) is 3. The van der Waals surface area contributed by atoms with Crippen molar-refractivity contribution in [2.24, 2.45) is 5.92 Å². The number of rotatable bonds is 3. The highest BCUT2D eigenvalue weighted by molar-refractivity contribution is 5.96. The molecule has 2 aromatic heterocycles. The molecule has 8 heteroatoms. The molecule has 138 valence electrons. The number of aliphatic carboxylic acids is 1. The molecule has 1 amide bonds. The van der Waals surface area contributed by atoms with Crippen molar-refractivity contribution in [3.8, 4) is 0 Å². The molecule has 3 aromatic rings. The van der Waals surface area contributed by atoms with E-state index in [0.717, 1.165) is 5.56 Å². The molecule has 4 rings (SSSR count). The van der Waals surface area contributed by atoms with E-state index in [1.54, 1.807) is 13.0 Å². The molecular weight excluding hydrogens is 348 g/mol. The zero-order valence-electron chi connectivity index (χ0n) is 14.6. The Hall–Kier alpha value is -3.42. The van der Waals surface area contributed by atoms with Crippen molar-refractivity contribution in [3.63, 3.8) is 0 Å². The molecule has 0 unspecified atom stereocenters. The number of nitrogens with one attached hydrogen (secondary N) is 2. The van der Waals surface area contributed by atoms with Gasteiger partial charge in [-0.05, 0) is 24.1 Å². The highest BCUT2D eigenvalue weighted by atomic mass is 16.4. The number of H-pyrrole nitrogens is 2. The Kier molecular flexibility index (Phi) is 4.02. The average Bonchev–Trinajstić information content (AvgIpc) is 3.26. The SMILES string of the molecule is Cc1cc(C(=O)N2C[C@@H](C(=O)O)[C@H](c3ccccc3)C2)nc2[nH][nH]c(=O)c12. The van der Waals surface area contributed by atoms with Crippen molar-refractivity contribution in [1.82, 2.24) is 20.1 Å². The van der Waals surface area contributed by atoms with Gasteiger partial charge in [-0.25, -0.2) is 4.98 Å². The molecule has 0 radical (unpaired) electrons. The fraction of sp³-hybridized carbons (Fsp3) is 0.263. The van der Waals surface area contributed by atoms with Crippen LogP contribution in [0.3, 0.4) is 0 Å². The highest BCUT2D eigenvalue weighted by Gasteiger charge is 2.41. The van der Waals surface area contributed by atoms with Crippen LogP contribution in [-0.2, 0) is 4.79 Å². The van der Waals surface area contributed by atoms with Crippen LogP contribution in [0.4, 0.5) is 0 Å². The second-order valence-electron chi connectivity index (χ2n) is 6.80. The predicted molar refractivity (Wildman–Crippen MR) is 97.7 cm³/mol. The van der Waals surface area contributed by atoms with Crippen LogP contribution in [0.5, 0.6) is 0 Å². The molecule has 1 aliphatic heterocycles. The Labute approximate surface area is 153 Å². The fourth-order valence-electron chi connectivity index (χ4n) is 3.76. The maximum absolute atomic E-state index is 13.0. The molecule has 0 bridgehead atoms. The normalized spacial score (nSPS) is 19.5. The van der Waals surface area contributed by atoms with Crippen LogP contribution in [0.2, 0.25) is 0 Å². The Balaban J connectivity index is 1.66. The van der Waals surface area contributed by atoms with Crippen molar-refractivity contribution in [3.05, 3.63) is 63.6 Å². The van der Waals surface area contributed by atoms with Gasteiger partial charge >= 0.3 is 5.97 Å². The zero-order chi connectivity index (χ0) is 19.1. The molecule has 3 heterocycles. The largest absolute Gasteiger partial charge is 0.481 e. The van der Waals surface area contributed by atoms with Gasteiger partial charge in [0.25, 0.3) is 11.5 Å². The van der Waals surface area contributed by atoms with Crippen LogP contribution in [0.15, 0.2) is 41.2 Å². The van der Waals surface area contributed by atoms with Crippen LogP contribution < -0.4 is 5.56 Å². The molecular formula is C19H18N4O4. The number of fused-ring (bicyclic) bond motifs is 1. The maximum Gasteiger partial charge on any atom is 0.308 e. The summed E-state index contributed by atoms with van der Waals surface area (Å²) in [7, 11) is 0. The smallest absolute Gasteiger partial charge is 0.308 e. The zero-order valence-corrected chi connectivity index (χ0v) is 14.6. The number of nitrogens with zero attached hydrogens (tertiary/aromatic N) is 2. The van der Waals surface area contributed by atoms with Crippen molar-refractivity contribution >= 4 is 22.9 Å². The van der Waals surface area contributed by atoms with Crippen LogP contribution in [0.1, 0.15) is 27.5 Å². The first kappa shape index (κ1) is 17.0. The quantitative estimate of drug-likeness (QED) is 0.649. The van der Waals surface area contributed by atoms with Gasteiger partial charge in [0.05, 0.1) is 11.3 Å². The van der Waals surface area contributed by atoms with E-state index in [2.05, 4.69) is 15.2 Å². The molecule has 27 heavy (non-hydrogen) atoms. The minimum Gasteiger partial charge on any atom is -0.481 e. The summed E-state index contributed by atoms with van der Waals surface area (Å²) in [5, 5.41) is 15.1. The van der Waals surface area contributed by atoms with Gasteiger partial charge in [0.2, 0.25) is 0 Å². The Morgan fingerprint density at radius 2 is 1.93 bits per heavy atom. The molecule has 0 spiro atoms. The van der Waals surface area contributed by atoms with E-state index in [0.29, 0.717) is 23.1 Å². The topological polar surface area (TPSA) is 119 Å². The standard InChI is InChI=1S/C19H18N4O4/c1-10-7-14(20-16-15(10)17(24)22-21-16)18(25)23-8-12(13(9-23)19(26)27)11-5-3-2-4-6-11/h2-7,12-13H,8-9H2,1H3,(H,26,27)(H2,20,21,22,24)/t12-,13+/m0/s1. The number of pyridine rings is 1. The van der Waals surface area contributed by atoms with Crippen molar-refractivity contribution < 1.29 is 14.7 Å². The third kappa shape index (κ3) is 2.88. The summed E-state index contributed by atoms with van der Waals surface area (Å²) in [6.07, 6.45) is 0. The summed E-state index contributed by atoms with van der Waals surface area (Å²) in [5.41, 5.74) is 1.75. The minimum atomic E-state index is -0.922. The summed E-state index contributed by atoms with van der Waals surface area (Å²) in [6.45, 7) is 2.17. The number of amides is 1. The summed E-state index contributed by atoms with van der Waals surface area (Å²) < 4.78 is 0. The number of likely N-dealkylation sites (tertiary alicyclic amines) is 1. The molecule has 8 nitrogen and oxygen atoms in total. The first-order chi connectivity index (χ1) is 13.0. The Bertz CT molecular complexity index is 1090. The van der Waals surface area contributed by atoms with E-state index >= 15 is 0 Å². The van der Waals surface area contributed by atoms with Crippen molar-refractivity contribution in [2.45, 2.75) is 12.8 Å². The lowest BCUT2D eigenvalue weighted by atomic mass is 9.89. The van der Waals surface area contributed by atoms with Gasteiger partial charge in [-0.15, -0.1) is 0 Å². The summed E-state index contributed by atoms with van der Waals surface area (Å²) in [6, 6.07) is 10.9. The fourth-order valence-corrected chi connectivity index (χ4v) is 3.76. The first-order valence-corrected chi connectivity index (χ1v) is 8.60. The average molecular weight is 366 g/mol. The summed E-state index contributed by atoms with van der Waals surface area (Å²) >= 11 is 0. The van der Waals surface area contributed by atoms with Gasteiger partial charge < -0.3 is 10.0 Å². The number of carboxylic acids is 1. The van der Waals surface area contributed by atoms with E-state index in [-0.39, 0.29) is 29.6 Å². The van der Waals surface area contributed by atoms with Crippen LogP contribution >= 0.6 is 0 Å². The van der Waals surface area contributed by atoms with E-state index in [4.69, 9.17) is 0 Å². The van der Waals surface area contributed by atoms with E-state index in [1.807, 2.05) is 30.3 Å². The van der Waals surface area contributed by atoms with E-state index in [9.17, 15) is 19.5 Å². The molecule has 1 fully saturated rings. The number of aromatic amines is 2. The van der Waals surface area contributed by atoms with E-state index < -0.39 is 11.9 Å². The molecule has 0 aliphatic carbocycles. The summed E-state index contributed by atoms with van der Waals surface area (Å²) in [5.74, 6) is -2.21. The Morgan fingerprint density at radius 3 is 2.63 bits per heavy atom. The number of aryl methyl sites for hydroxylation is 1. The minimum absolute atomic E-state index is 0.121. The van der Waals surface area contributed by atoms with Gasteiger partial charge in [0.15, 0.2) is 5.65 Å². The predicted octanol–water partition coefficient (Wildman–Crippen LogP) is 1.50. The molecule has 1 aromatic carbocycles. The third-order valence-electron chi connectivity index (χ3n) is 5.11. The second-order valence-corrected chi connectivity index (χ2v) is 6.80. The summed E-state index contributed by atoms with van der Waals surface area (Å²) in [4.78, 5) is 42.2. The van der Waals surface area contributed by atoms with Gasteiger partial charge in [-0.2, -0.15) is 0 Å². The van der Waals surface area contributed by atoms with Gasteiger partial charge in [0, 0.05) is 19.0 Å². The van der Waals surface area contributed by atoms with E-state index in [1.165, 1.54) is 4.90 Å². The van der Waals surface area contributed by atoms with Crippen molar-refractivity contribution in [2.75, 3.05) is 13.1 Å². The lowest BCUT2D eigenvalue weighted by molar-refractivity contribution is -0.141. The monoisotopic (exact) mass is 366 g/mol. The molecule has 0 saturated carbocycles. The van der Waals surface area contributed by atoms with Crippen LogP contribution in [0, 0.1) is 12.8 Å². The van der Waals surface area contributed by atoms with Crippen LogP contribution in [0.25, 0.3) is 11.0 Å². The Morgan fingerprint density at radius 1 is 1.19 bits per heavy atom. The number of carbonyl (C=O) groups excluding carboxylic acids is 1. The molecule has 1 aliphatic rings. The number of hydrogen-bond acceptors (Lipinski definition) is 4. The number of aromatic nitrogens is 3. The third-order valence-corrected chi connectivity index (χ3v) is 5.11. The van der Waals surface area contributed by atoms with Gasteiger partial charge in [-0.3, -0.25) is 24.6 Å². The second kappa shape index (κ2) is 6.39. The van der Waals surface area contributed by atoms with Gasteiger partial charge in [0.1, 0.15) is 5.69 Å².